The van der Waals surface area contributed by atoms with Crippen LogP contribution in [0.4, 0.5) is 0 Å². The summed E-state index contributed by atoms with van der Waals surface area (Å²) in [4.78, 5) is 14.3. The van der Waals surface area contributed by atoms with Gasteiger partial charge in [-0.1, -0.05) is 12.1 Å². The highest BCUT2D eigenvalue weighted by molar-refractivity contribution is 5.78. The summed E-state index contributed by atoms with van der Waals surface area (Å²) in [5.74, 6) is 1.90. The lowest BCUT2D eigenvalue weighted by atomic mass is 10.2. The highest BCUT2D eigenvalue weighted by Gasteiger charge is 2.27. The lowest BCUT2D eigenvalue weighted by molar-refractivity contribution is -0.131. The van der Waals surface area contributed by atoms with Crippen LogP contribution in [0.3, 0.4) is 0 Å². The van der Waals surface area contributed by atoms with E-state index in [-0.39, 0.29) is 11.7 Å². The molecule has 1 aromatic carbocycles. The Morgan fingerprint density at radius 2 is 2.00 bits per heavy atom. The van der Waals surface area contributed by atoms with Crippen LogP contribution in [0.1, 0.15) is 31.2 Å². The maximum atomic E-state index is 12.4. The fourth-order valence-electron chi connectivity index (χ4n) is 2.56. The van der Waals surface area contributed by atoms with E-state index in [1.807, 2.05) is 17.0 Å². The molecule has 0 heterocycles. The second-order valence-corrected chi connectivity index (χ2v) is 6.46. The van der Waals surface area contributed by atoms with Crippen molar-refractivity contribution in [1.82, 2.24) is 10.2 Å². The number of phenolic OH excluding ortho intramolecular Hbond substituents is 1. The van der Waals surface area contributed by atoms with Crippen molar-refractivity contribution < 1.29 is 9.90 Å². The third-order valence-corrected chi connectivity index (χ3v) is 4.22. The van der Waals surface area contributed by atoms with Gasteiger partial charge in [-0.05, 0) is 61.8 Å². The van der Waals surface area contributed by atoms with Gasteiger partial charge in [0.2, 0.25) is 5.91 Å². The molecule has 1 amide bonds. The first kappa shape index (κ1) is 14.4. The molecule has 2 N–H and O–H groups in total. The summed E-state index contributed by atoms with van der Waals surface area (Å²) in [6, 6.07) is 7.19. The summed E-state index contributed by atoms with van der Waals surface area (Å²) in [6.07, 6.45) is 5.07. The summed E-state index contributed by atoms with van der Waals surface area (Å²) in [5, 5.41) is 12.8. The van der Waals surface area contributed by atoms with E-state index in [0.29, 0.717) is 19.0 Å². The number of benzene rings is 1. The van der Waals surface area contributed by atoms with Crippen molar-refractivity contribution in [3.05, 3.63) is 29.8 Å². The average molecular weight is 288 g/mol. The molecule has 4 nitrogen and oxygen atoms in total. The number of rotatable bonds is 8. The molecule has 0 aromatic heterocycles. The predicted octanol–water partition coefficient (Wildman–Crippen LogP) is 2.13. The molecule has 114 valence electrons. The van der Waals surface area contributed by atoms with Gasteiger partial charge in [0.25, 0.3) is 0 Å². The van der Waals surface area contributed by atoms with E-state index in [9.17, 15) is 9.90 Å². The molecule has 21 heavy (non-hydrogen) atoms. The topological polar surface area (TPSA) is 52.6 Å². The number of nitrogens with zero attached hydrogens (tertiary/aromatic N) is 1. The number of carbonyl (C=O) groups is 1. The standard InChI is InChI=1S/C17H24N2O2/c20-16-3-1-2-15(8-16)12-19(11-14-6-7-14)17(21)10-18-9-13-4-5-13/h1-3,8,13-14,18,20H,4-7,9-12H2. The van der Waals surface area contributed by atoms with Crippen molar-refractivity contribution in [3.8, 4) is 5.75 Å². The van der Waals surface area contributed by atoms with Crippen LogP contribution < -0.4 is 5.32 Å². The number of hydrogen-bond acceptors (Lipinski definition) is 3. The monoisotopic (exact) mass is 288 g/mol. The largest absolute Gasteiger partial charge is 0.508 e. The van der Waals surface area contributed by atoms with Crippen molar-refractivity contribution >= 4 is 5.91 Å². The summed E-state index contributed by atoms with van der Waals surface area (Å²) in [6.45, 7) is 2.84. The average Bonchev–Trinajstić information content (AvgIpc) is 3.33. The van der Waals surface area contributed by atoms with Crippen LogP contribution in [-0.4, -0.2) is 35.5 Å². The molecule has 2 saturated carbocycles. The Kier molecular flexibility index (Phi) is 4.44. The quantitative estimate of drug-likeness (QED) is 0.770. The number of hydrogen-bond donors (Lipinski definition) is 2. The lowest BCUT2D eigenvalue weighted by Crippen LogP contribution is -2.39. The van der Waals surface area contributed by atoms with Crippen LogP contribution in [0.2, 0.25) is 0 Å². The zero-order valence-corrected chi connectivity index (χ0v) is 12.4. The zero-order chi connectivity index (χ0) is 14.7. The van der Waals surface area contributed by atoms with E-state index in [1.165, 1.54) is 25.7 Å². The van der Waals surface area contributed by atoms with Gasteiger partial charge >= 0.3 is 0 Å². The van der Waals surface area contributed by atoms with Crippen LogP contribution in [0.5, 0.6) is 5.75 Å². The zero-order valence-electron chi connectivity index (χ0n) is 12.4. The molecular formula is C17H24N2O2. The molecule has 0 unspecified atom stereocenters. The van der Waals surface area contributed by atoms with Gasteiger partial charge < -0.3 is 15.3 Å². The van der Waals surface area contributed by atoms with Crippen LogP contribution in [-0.2, 0) is 11.3 Å². The fraction of sp³-hybridized carbons (Fsp3) is 0.588. The molecule has 2 fully saturated rings. The second kappa shape index (κ2) is 6.48. The molecule has 2 aliphatic rings. The molecular weight excluding hydrogens is 264 g/mol. The van der Waals surface area contributed by atoms with Gasteiger partial charge in [-0.25, -0.2) is 0 Å². The molecule has 2 aliphatic carbocycles. The van der Waals surface area contributed by atoms with Crippen LogP contribution >= 0.6 is 0 Å². The van der Waals surface area contributed by atoms with E-state index < -0.39 is 0 Å². The first-order valence-electron chi connectivity index (χ1n) is 7.97. The van der Waals surface area contributed by atoms with E-state index >= 15 is 0 Å². The first-order chi connectivity index (χ1) is 10.2. The van der Waals surface area contributed by atoms with Gasteiger partial charge in [-0.3, -0.25) is 4.79 Å². The molecule has 1 aromatic rings. The van der Waals surface area contributed by atoms with Crippen molar-refractivity contribution in [1.29, 1.82) is 0 Å². The molecule has 0 saturated heterocycles. The van der Waals surface area contributed by atoms with Crippen LogP contribution in [0.15, 0.2) is 24.3 Å². The molecule has 3 rings (SSSR count). The third kappa shape index (κ3) is 4.74. The van der Waals surface area contributed by atoms with Crippen LogP contribution in [0, 0.1) is 11.8 Å². The van der Waals surface area contributed by atoms with Gasteiger partial charge in [0.15, 0.2) is 0 Å². The maximum Gasteiger partial charge on any atom is 0.236 e. The van der Waals surface area contributed by atoms with E-state index in [0.717, 1.165) is 24.6 Å². The Morgan fingerprint density at radius 3 is 2.67 bits per heavy atom. The second-order valence-electron chi connectivity index (χ2n) is 6.46. The molecule has 0 radical (unpaired) electrons. The lowest BCUT2D eigenvalue weighted by Gasteiger charge is -2.23. The van der Waals surface area contributed by atoms with Crippen molar-refractivity contribution in [2.24, 2.45) is 11.8 Å². The minimum atomic E-state index is 0.172. The molecule has 4 heteroatoms. The normalized spacial score (nSPS) is 17.7. The Balaban J connectivity index is 1.54. The van der Waals surface area contributed by atoms with E-state index in [1.54, 1.807) is 12.1 Å². The third-order valence-electron chi connectivity index (χ3n) is 4.22. The van der Waals surface area contributed by atoms with Gasteiger partial charge in [-0.2, -0.15) is 0 Å². The number of nitrogens with one attached hydrogen (secondary N) is 1. The molecule has 0 aliphatic heterocycles. The minimum Gasteiger partial charge on any atom is -0.508 e. The van der Waals surface area contributed by atoms with E-state index in [4.69, 9.17) is 0 Å². The molecule has 0 atom stereocenters. The summed E-state index contributed by atoms with van der Waals surface area (Å²) >= 11 is 0. The van der Waals surface area contributed by atoms with E-state index in [2.05, 4.69) is 5.32 Å². The smallest absolute Gasteiger partial charge is 0.236 e. The maximum absolute atomic E-state index is 12.4. The molecule has 0 spiro atoms. The Morgan fingerprint density at radius 1 is 1.24 bits per heavy atom. The Bertz CT molecular complexity index is 495. The Labute approximate surface area is 126 Å². The number of amides is 1. The number of phenols is 1. The summed E-state index contributed by atoms with van der Waals surface area (Å²) in [7, 11) is 0. The van der Waals surface area contributed by atoms with Gasteiger partial charge in [-0.15, -0.1) is 0 Å². The number of carbonyl (C=O) groups excluding carboxylic acids is 1. The van der Waals surface area contributed by atoms with Crippen molar-refractivity contribution in [3.63, 3.8) is 0 Å². The highest BCUT2D eigenvalue weighted by Crippen LogP contribution is 2.30. The van der Waals surface area contributed by atoms with Gasteiger partial charge in [0, 0.05) is 13.1 Å². The summed E-state index contributed by atoms with van der Waals surface area (Å²) in [5.41, 5.74) is 0.992. The van der Waals surface area contributed by atoms with Gasteiger partial charge in [0.05, 0.1) is 6.54 Å². The van der Waals surface area contributed by atoms with Crippen molar-refractivity contribution in [2.45, 2.75) is 32.2 Å². The SMILES string of the molecule is O=C(CNCC1CC1)N(Cc1cccc(O)c1)CC1CC1. The summed E-state index contributed by atoms with van der Waals surface area (Å²) < 4.78 is 0. The van der Waals surface area contributed by atoms with Crippen molar-refractivity contribution in [2.75, 3.05) is 19.6 Å². The Hall–Kier alpha value is -1.55. The predicted molar refractivity (Wildman–Crippen MR) is 81.8 cm³/mol. The first-order valence-corrected chi connectivity index (χ1v) is 7.97. The number of aromatic hydroxyl groups is 1. The highest BCUT2D eigenvalue weighted by atomic mass is 16.3. The minimum absolute atomic E-state index is 0.172. The van der Waals surface area contributed by atoms with Crippen LogP contribution in [0.25, 0.3) is 0 Å². The fourth-order valence-corrected chi connectivity index (χ4v) is 2.56. The molecule has 0 bridgehead atoms. The van der Waals surface area contributed by atoms with Gasteiger partial charge in [0.1, 0.15) is 5.75 Å².